The van der Waals surface area contributed by atoms with Gasteiger partial charge in [-0.3, -0.25) is 4.99 Å². The van der Waals surface area contributed by atoms with E-state index in [-0.39, 0.29) is 6.04 Å². The maximum atomic E-state index is 5.74. The lowest BCUT2D eigenvalue weighted by molar-refractivity contribution is 0.369. The second kappa shape index (κ2) is 3.41. The molecule has 0 bridgehead atoms. The van der Waals surface area contributed by atoms with Crippen molar-refractivity contribution in [1.29, 1.82) is 0 Å². The Morgan fingerprint density at radius 3 is 2.94 bits per heavy atom. The van der Waals surface area contributed by atoms with Gasteiger partial charge >= 0.3 is 0 Å². The summed E-state index contributed by atoms with van der Waals surface area (Å²) in [5, 5.41) is 3.82. The Hall–Kier alpha value is -2.17. The Kier molecular flexibility index (Phi) is 2.01. The van der Waals surface area contributed by atoms with Crippen LogP contribution in [0.1, 0.15) is 31.2 Å². The van der Waals surface area contributed by atoms with Crippen LogP contribution in [0.25, 0.3) is 11.3 Å². The van der Waals surface area contributed by atoms with E-state index in [1.165, 1.54) is 0 Å². The number of hydrogen-bond acceptors (Lipinski definition) is 5. The standard InChI is InChI=1S/C12H12N4O/c1-6-8-3-4-10(13)16-11(8)9-5-14-17-12(9)7(2)15-6/h3-5,7H,1-2H3,(H2,13,16). The molecule has 0 saturated heterocycles. The molecule has 5 nitrogen and oxygen atoms in total. The van der Waals surface area contributed by atoms with E-state index in [4.69, 9.17) is 10.3 Å². The van der Waals surface area contributed by atoms with Crippen LogP contribution >= 0.6 is 0 Å². The van der Waals surface area contributed by atoms with Crippen molar-refractivity contribution in [2.45, 2.75) is 19.9 Å². The number of anilines is 1. The van der Waals surface area contributed by atoms with Crippen molar-refractivity contribution in [2.24, 2.45) is 4.99 Å². The smallest absolute Gasteiger partial charge is 0.170 e. The summed E-state index contributed by atoms with van der Waals surface area (Å²) in [6, 6.07) is 3.66. The lowest BCUT2D eigenvalue weighted by Crippen LogP contribution is -2.01. The van der Waals surface area contributed by atoms with E-state index in [0.29, 0.717) is 5.82 Å². The SMILES string of the molecule is CC1=NC(C)c2oncc2-c2nc(N)ccc21. The van der Waals surface area contributed by atoms with Crippen LogP contribution in [0, 0.1) is 0 Å². The zero-order valence-electron chi connectivity index (χ0n) is 9.64. The van der Waals surface area contributed by atoms with Crippen LogP contribution in [-0.2, 0) is 0 Å². The molecule has 2 aromatic rings. The summed E-state index contributed by atoms with van der Waals surface area (Å²) in [5.41, 5.74) is 9.33. The van der Waals surface area contributed by atoms with E-state index in [9.17, 15) is 0 Å². The summed E-state index contributed by atoms with van der Waals surface area (Å²) < 4.78 is 5.26. The Morgan fingerprint density at radius 2 is 2.12 bits per heavy atom. The van der Waals surface area contributed by atoms with Gasteiger partial charge in [-0.05, 0) is 26.0 Å². The minimum atomic E-state index is -0.0528. The number of nitrogens with two attached hydrogens (primary N) is 1. The largest absolute Gasteiger partial charge is 0.384 e. The fraction of sp³-hybridized carbons (Fsp3) is 0.250. The Morgan fingerprint density at radius 1 is 1.29 bits per heavy atom. The minimum Gasteiger partial charge on any atom is -0.384 e. The monoisotopic (exact) mass is 228 g/mol. The first-order valence-electron chi connectivity index (χ1n) is 5.43. The summed E-state index contributed by atoms with van der Waals surface area (Å²) in [6.45, 7) is 3.94. The first kappa shape index (κ1) is 10.0. The van der Waals surface area contributed by atoms with Gasteiger partial charge in [0.1, 0.15) is 11.9 Å². The normalized spacial score (nSPS) is 18.0. The van der Waals surface area contributed by atoms with E-state index in [0.717, 1.165) is 28.3 Å². The number of rotatable bonds is 0. The molecule has 0 aromatic carbocycles. The summed E-state index contributed by atoms with van der Waals surface area (Å²) in [7, 11) is 0. The van der Waals surface area contributed by atoms with Crippen molar-refractivity contribution >= 4 is 11.5 Å². The molecule has 1 atom stereocenters. The highest BCUT2D eigenvalue weighted by Crippen LogP contribution is 2.35. The first-order valence-corrected chi connectivity index (χ1v) is 5.43. The molecule has 86 valence electrons. The number of nitrogen functional groups attached to an aromatic ring is 1. The van der Waals surface area contributed by atoms with Gasteiger partial charge in [0.2, 0.25) is 0 Å². The van der Waals surface area contributed by atoms with Crippen molar-refractivity contribution in [3.05, 3.63) is 29.7 Å². The summed E-state index contributed by atoms with van der Waals surface area (Å²) in [5.74, 6) is 1.22. The van der Waals surface area contributed by atoms with Gasteiger partial charge in [-0.15, -0.1) is 0 Å². The van der Waals surface area contributed by atoms with Gasteiger partial charge in [-0.25, -0.2) is 4.98 Å². The zero-order chi connectivity index (χ0) is 12.0. The predicted octanol–water partition coefficient (Wildman–Crippen LogP) is 2.20. The molecule has 1 aliphatic heterocycles. The second-order valence-corrected chi connectivity index (χ2v) is 4.13. The van der Waals surface area contributed by atoms with Crippen molar-refractivity contribution in [2.75, 3.05) is 5.73 Å². The molecular weight excluding hydrogens is 216 g/mol. The minimum absolute atomic E-state index is 0.0528. The van der Waals surface area contributed by atoms with Crippen LogP contribution in [0.3, 0.4) is 0 Å². The van der Waals surface area contributed by atoms with E-state index < -0.39 is 0 Å². The lowest BCUT2D eigenvalue weighted by atomic mass is 10.0. The van der Waals surface area contributed by atoms with Crippen LogP contribution in [0.2, 0.25) is 0 Å². The highest BCUT2D eigenvalue weighted by atomic mass is 16.5. The Labute approximate surface area is 98.4 Å². The summed E-state index contributed by atoms with van der Waals surface area (Å²) in [6.07, 6.45) is 1.67. The molecular formula is C12H12N4O. The molecule has 1 unspecified atom stereocenters. The van der Waals surface area contributed by atoms with Gasteiger partial charge < -0.3 is 10.3 Å². The summed E-state index contributed by atoms with van der Waals surface area (Å²) in [4.78, 5) is 8.93. The van der Waals surface area contributed by atoms with Crippen molar-refractivity contribution < 1.29 is 4.52 Å². The molecule has 3 rings (SSSR count). The number of fused-ring (bicyclic) bond motifs is 3. The molecule has 0 saturated carbocycles. The number of aliphatic imine (C=N–C) groups is 1. The van der Waals surface area contributed by atoms with Gasteiger partial charge in [0.15, 0.2) is 5.76 Å². The van der Waals surface area contributed by atoms with Gasteiger partial charge in [-0.1, -0.05) is 5.16 Å². The quantitative estimate of drug-likeness (QED) is 0.749. The molecule has 0 amide bonds. The van der Waals surface area contributed by atoms with Gasteiger partial charge in [0.05, 0.1) is 17.5 Å². The molecule has 0 fully saturated rings. The Bertz CT molecular complexity index is 615. The fourth-order valence-corrected chi connectivity index (χ4v) is 2.12. The molecule has 0 spiro atoms. The van der Waals surface area contributed by atoms with Gasteiger partial charge in [0, 0.05) is 11.3 Å². The predicted molar refractivity (Wildman–Crippen MR) is 64.8 cm³/mol. The molecule has 17 heavy (non-hydrogen) atoms. The van der Waals surface area contributed by atoms with Crippen LogP contribution in [-0.4, -0.2) is 15.9 Å². The average Bonchev–Trinajstić information content (AvgIpc) is 2.73. The van der Waals surface area contributed by atoms with E-state index >= 15 is 0 Å². The van der Waals surface area contributed by atoms with E-state index in [1.807, 2.05) is 19.9 Å². The zero-order valence-corrected chi connectivity index (χ0v) is 9.64. The van der Waals surface area contributed by atoms with Gasteiger partial charge in [-0.2, -0.15) is 0 Å². The molecule has 2 N–H and O–H groups in total. The lowest BCUT2D eigenvalue weighted by Gasteiger charge is -2.05. The molecule has 5 heteroatoms. The highest BCUT2D eigenvalue weighted by Gasteiger charge is 2.24. The highest BCUT2D eigenvalue weighted by molar-refractivity contribution is 6.04. The maximum absolute atomic E-state index is 5.74. The van der Waals surface area contributed by atoms with Crippen LogP contribution in [0.15, 0.2) is 27.8 Å². The van der Waals surface area contributed by atoms with Crippen LogP contribution < -0.4 is 5.73 Å². The third kappa shape index (κ3) is 1.43. The maximum Gasteiger partial charge on any atom is 0.170 e. The fourth-order valence-electron chi connectivity index (χ4n) is 2.12. The number of aromatic nitrogens is 2. The average molecular weight is 228 g/mol. The molecule has 2 aromatic heterocycles. The van der Waals surface area contributed by atoms with E-state index in [2.05, 4.69) is 15.1 Å². The topological polar surface area (TPSA) is 77.3 Å². The Balaban J connectivity index is 2.36. The second-order valence-electron chi connectivity index (χ2n) is 4.13. The van der Waals surface area contributed by atoms with Gasteiger partial charge in [0.25, 0.3) is 0 Å². The first-order chi connectivity index (χ1) is 8.16. The van der Waals surface area contributed by atoms with Crippen molar-refractivity contribution in [3.63, 3.8) is 0 Å². The molecule has 1 aliphatic rings. The summed E-state index contributed by atoms with van der Waals surface area (Å²) >= 11 is 0. The third-order valence-corrected chi connectivity index (χ3v) is 2.93. The van der Waals surface area contributed by atoms with E-state index in [1.54, 1.807) is 12.3 Å². The van der Waals surface area contributed by atoms with Crippen LogP contribution in [0.4, 0.5) is 5.82 Å². The van der Waals surface area contributed by atoms with Crippen LogP contribution in [0.5, 0.6) is 0 Å². The third-order valence-electron chi connectivity index (χ3n) is 2.93. The van der Waals surface area contributed by atoms with Crippen molar-refractivity contribution in [1.82, 2.24) is 10.1 Å². The molecule has 0 radical (unpaired) electrons. The molecule has 3 heterocycles. The number of pyridine rings is 1. The molecule has 0 aliphatic carbocycles. The van der Waals surface area contributed by atoms with Crippen molar-refractivity contribution in [3.8, 4) is 11.3 Å². The number of hydrogen-bond donors (Lipinski definition) is 1. The number of nitrogens with zero attached hydrogens (tertiary/aromatic N) is 3.